The highest BCUT2D eigenvalue weighted by atomic mass is 16.3. The molecule has 66 valence electrons. The molecule has 0 heterocycles. The van der Waals surface area contributed by atoms with Crippen LogP contribution >= 0.6 is 0 Å². The average Bonchev–Trinajstić information content (AvgIpc) is 2.17. The predicted octanol–water partition coefficient (Wildman–Crippen LogP) is 1.24. The molecule has 1 aromatic carbocycles. The smallest absolute Gasteiger partial charge is 0.0912 e. The van der Waals surface area contributed by atoms with E-state index in [9.17, 15) is 5.11 Å². The molecule has 0 aliphatic rings. The van der Waals surface area contributed by atoms with Crippen molar-refractivity contribution in [2.24, 2.45) is 5.73 Å². The molecule has 2 nitrogen and oxygen atoms in total. The minimum Gasteiger partial charge on any atom is -0.387 e. The van der Waals surface area contributed by atoms with E-state index in [4.69, 9.17) is 5.73 Å². The number of hydrogen-bond acceptors (Lipinski definition) is 2. The van der Waals surface area contributed by atoms with Crippen LogP contribution in [0.3, 0.4) is 0 Å². The number of aliphatic hydroxyl groups excluding tert-OH is 1. The zero-order chi connectivity index (χ0) is 8.97. The maximum Gasteiger partial charge on any atom is 0.0912 e. The third-order valence-electron chi connectivity index (χ3n) is 2.00. The summed E-state index contributed by atoms with van der Waals surface area (Å²) < 4.78 is 0. The van der Waals surface area contributed by atoms with E-state index < -0.39 is 6.10 Å². The summed E-state index contributed by atoms with van der Waals surface area (Å²) in [6, 6.07) is 7.90. The number of benzene rings is 1. The van der Waals surface area contributed by atoms with E-state index in [1.54, 1.807) is 0 Å². The summed E-state index contributed by atoms with van der Waals surface area (Å²) in [4.78, 5) is 0. The minimum absolute atomic E-state index is 0.283. The van der Waals surface area contributed by atoms with Crippen molar-refractivity contribution in [1.29, 1.82) is 0 Å². The molecular formula is C10H15NO. The first kappa shape index (κ1) is 9.23. The maximum atomic E-state index is 9.37. The monoisotopic (exact) mass is 165 g/mol. The molecule has 0 aliphatic heterocycles. The molecule has 0 saturated carbocycles. The molecule has 2 heteroatoms. The summed E-state index contributed by atoms with van der Waals surface area (Å²) >= 11 is 0. The number of aryl methyl sites for hydroxylation is 1. The Balaban J connectivity index is 2.77. The van der Waals surface area contributed by atoms with Gasteiger partial charge in [-0.25, -0.2) is 0 Å². The molecule has 1 rings (SSSR count). The molecule has 3 N–H and O–H groups in total. The Morgan fingerprint density at radius 2 is 1.92 bits per heavy atom. The first-order valence-corrected chi connectivity index (χ1v) is 4.25. The van der Waals surface area contributed by atoms with Crippen LogP contribution in [0.5, 0.6) is 0 Å². The number of rotatable bonds is 3. The second-order valence-electron chi connectivity index (χ2n) is 2.85. The Labute approximate surface area is 73.0 Å². The zero-order valence-corrected chi connectivity index (χ0v) is 7.33. The molecular weight excluding hydrogens is 150 g/mol. The van der Waals surface area contributed by atoms with E-state index in [0.717, 1.165) is 12.0 Å². The van der Waals surface area contributed by atoms with Gasteiger partial charge < -0.3 is 10.8 Å². The van der Waals surface area contributed by atoms with Gasteiger partial charge in [0.05, 0.1) is 6.10 Å². The molecule has 0 saturated heterocycles. The van der Waals surface area contributed by atoms with Gasteiger partial charge in [0.15, 0.2) is 0 Å². The number of nitrogens with two attached hydrogens (primary N) is 1. The molecule has 0 amide bonds. The summed E-state index contributed by atoms with van der Waals surface area (Å²) in [6.45, 7) is 2.39. The summed E-state index contributed by atoms with van der Waals surface area (Å²) in [5, 5.41) is 9.37. The van der Waals surface area contributed by atoms with Crippen molar-refractivity contribution < 1.29 is 5.11 Å². The Hall–Kier alpha value is -0.860. The van der Waals surface area contributed by atoms with Gasteiger partial charge in [0.1, 0.15) is 0 Å². The highest BCUT2D eigenvalue weighted by Crippen LogP contribution is 2.12. The lowest BCUT2D eigenvalue weighted by molar-refractivity contribution is 0.186. The molecule has 0 radical (unpaired) electrons. The number of hydrogen-bond donors (Lipinski definition) is 2. The van der Waals surface area contributed by atoms with Gasteiger partial charge >= 0.3 is 0 Å². The lowest BCUT2D eigenvalue weighted by Crippen LogP contribution is -2.11. The normalized spacial score (nSPS) is 12.9. The highest BCUT2D eigenvalue weighted by molar-refractivity contribution is 5.24. The van der Waals surface area contributed by atoms with Crippen molar-refractivity contribution in [2.75, 3.05) is 6.54 Å². The molecule has 12 heavy (non-hydrogen) atoms. The average molecular weight is 165 g/mol. The van der Waals surface area contributed by atoms with Crippen molar-refractivity contribution in [3.63, 3.8) is 0 Å². The van der Waals surface area contributed by atoms with Gasteiger partial charge in [-0.15, -0.1) is 0 Å². The predicted molar refractivity (Wildman–Crippen MR) is 49.8 cm³/mol. The quantitative estimate of drug-likeness (QED) is 0.708. The third kappa shape index (κ3) is 2.06. The lowest BCUT2D eigenvalue weighted by atomic mass is 10.1. The van der Waals surface area contributed by atoms with E-state index in [1.807, 2.05) is 24.3 Å². The largest absolute Gasteiger partial charge is 0.387 e. The van der Waals surface area contributed by atoms with Crippen LogP contribution in [-0.4, -0.2) is 11.7 Å². The second-order valence-corrected chi connectivity index (χ2v) is 2.85. The fraction of sp³-hybridized carbons (Fsp3) is 0.400. The fourth-order valence-electron chi connectivity index (χ4n) is 1.11. The van der Waals surface area contributed by atoms with Gasteiger partial charge in [-0.3, -0.25) is 0 Å². The molecule has 1 aromatic rings. The van der Waals surface area contributed by atoms with Crippen LogP contribution in [0.15, 0.2) is 24.3 Å². The minimum atomic E-state index is -0.518. The van der Waals surface area contributed by atoms with Gasteiger partial charge in [0.25, 0.3) is 0 Å². The van der Waals surface area contributed by atoms with E-state index in [1.165, 1.54) is 5.56 Å². The van der Waals surface area contributed by atoms with Crippen LogP contribution in [0.1, 0.15) is 24.2 Å². The maximum absolute atomic E-state index is 9.37. The standard InChI is InChI=1S/C10H15NO/c1-2-8-3-5-9(6-4-8)10(12)7-11/h3-6,10,12H,2,7,11H2,1H3. The Bertz CT molecular complexity index is 230. The first-order chi connectivity index (χ1) is 5.77. The number of aliphatic hydroxyl groups is 1. The van der Waals surface area contributed by atoms with Crippen LogP contribution in [0, 0.1) is 0 Å². The zero-order valence-electron chi connectivity index (χ0n) is 7.33. The van der Waals surface area contributed by atoms with Gasteiger partial charge in [-0.2, -0.15) is 0 Å². The van der Waals surface area contributed by atoms with Crippen LogP contribution in [0.2, 0.25) is 0 Å². The first-order valence-electron chi connectivity index (χ1n) is 4.25. The molecule has 1 unspecified atom stereocenters. The molecule has 0 fully saturated rings. The van der Waals surface area contributed by atoms with Gasteiger partial charge in [-0.1, -0.05) is 31.2 Å². The van der Waals surface area contributed by atoms with Gasteiger partial charge in [0, 0.05) is 6.54 Å². The Morgan fingerprint density at radius 3 is 2.33 bits per heavy atom. The topological polar surface area (TPSA) is 46.2 Å². The molecule has 0 spiro atoms. The molecule has 0 aromatic heterocycles. The summed E-state index contributed by atoms with van der Waals surface area (Å²) in [7, 11) is 0. The van der Waals surface area contributed by atoms with Crippen LogP contribution in [0.25, 0.3) is 0 Å². The van der Waals surface area contributed by atoms with Crippen molar-refractivity contribution in [3.05, 3.63) is 35.4 Å². The molecule has 0 aliphatic carbocycles. The lowest BCUT2D eigenvalue weighted by Gasteiger charge is -2.07. The van der Waals surface area contributed by atoms with Crippen LogP contribution in [-0.2, 0) is 6.42 Å². The van der Waals surface area contributed by atoms with E-state index in [2.05, 4.69) is 6.92 Å². The van der Waals surface area contributed by atoms with Crippen molar-refractivity contribution >= 4 is 0 Å². The van der Waals surface area contributed by atoms with Gasteiger partial charge in [-0.05, 0) is 17.5 Å². The third-order valence-corrected chi connectivity index (χ3v) is 2.00. The highest BCUT2D eigenvalue weighted by Gasteiger charge is 2.02. The summed E-state index contributed by atoms with van der Waals surface area (Å²) in [6.07, 6.45) is 0.509. The molecule has 0 bridgehead atoms. The van der Waals surface area contributed by atoms with Crippen molar-refractivity contribution in [2.45, 2.75) is 19.4 Å². The van der Waals surface area contributed by atoms with Gasteiger partial charge in [0.2, 0.25) is 0 Å². The van der Waals surface area contributed by atoms with Crippen molar-refractivity contribution in [1.82, 2.24) is 0 Å². The fourth-order valence-corrected chi connectivity index (χ4v) is 1.11. The summed E-state index contributed by atoms with van der Waals surface area (Å²) in [5.41, 5.74) is 7.50. The molecule has 1 atom stereocenters. The SMILES string of the molecule is CCc1ccc(C(O)CN)cc1. The Morgan fingerprint density at radius 1 is 1.33 bits per heavy atom. The van der Waals surface area contributed by atoms with E-state index in [-0.39, 0.29) is 6.54 Å². The summed E-state index contributed by atoms with van der Waals surface area (Å²) in [5.74, 6) is 0. The van der Waals surface area contributed by atoms with Crippen LogP contribution in [0.4, 0.5) is 0 Å². The Kier molecular flexibility index (Phi) is 3.26. The van der Waals surface area contributed by atoms with Crippen molar-refractivity contribution in [3.8, 4) is 0 Å². The van der Waals surface area contributed by atoms with E-state index in [0.29, 0.717) is 0 Å². The van der Waals surface area contributed by atoms with Crippen LogP contribution < -0.4 is 5.73 Å². The van der Waals surface area contributed by atoms with E-state index >= 15 is 0 Å². The second kappa shape index (κ2) is 4.24.